The van der Waals surface area contributed by atoms with Crippen molar-refractivity contribution in [2.24, 2.45) is 0 Å². The van der Waals surface area contributed by atoms with Crippen molar-refractivity contribution < 1.29 is 9.53 Å². The second kappa shape index (κ2) is 7.14. The van der Waals surface area contributed by atoms with Crippen LogP contribution in [0.25, 0.3) is 0 Å². The second-order valence-corrected chi connectivity index (χ2v) is 5.19. The van der Waals surface area contributed by atoms with Gasteiger partial charge < -0.3 is 14.5 Å². The first-order valence-corrected chi connectivity index (χ1v) is 7.28. The summed E-state index contributed by atoms with van der Waals surface area (Å²) in [5.41, 5.74) is 1.72. The molecule has 2 aromatic rings. The fourth-order valence-corrected chi connectivity index (χ4v) is 2.58. The third-order valence-corrected chi connectivity index (χ3v) is 3.90. The maximum atomic E-state index is 11.4. The molecule has 0 N–H and O–H groups in total. The van der Waals surface area contributed by atoms with E-state index in [4.69, 9.17) is 4.74 Å². The average Bonchev–Trinajstić information content (AvgIpc) is 2.94. The number of methoxy groups -OCH3 is 1. The smallest absolute Gasteiger partial charge is 0.214 e. The zero-order chi connectivity index (χ0) is 15.2. The van der Waals surface area contributed by atoms with Gasteiger partial charge in [-0.15, -0.1) is 0 Å². The SMILES string of the molecule is COCCN(C=O)c1ccccc1N(C)c1nc(C)ns1. The fourth-order valence-electron chi connectivity index (χ4n) is 1.94. The molecular weight excluding hydrogens is 288 g/mol. The van der Waals surface area contributed by atoms with Crippen LogP contribution in [0, 0.1) is 6.92 Å². The molecule has 6 nitrogen and oxygen atoms in total. The van der Waals surface area contributed by atoms with Crippen LogP contribution in [0.15, 0.2) is 24.3 Å². The van der Waals surface area contributed by atoms with Gasteiger partial charge in [0.15, 0.2) is 0 Å². The molecule has 0 saturated heterocycles. The third-order valence-electron chi connectivity index (χ3n) is 3.02. The molecule has 0 aliphatic carbocycles. The van der Waals surface area contributed by atoms with E-state index < -0.39 is 0 Å². The molecule has 0 atom stereocenters. The maximum Gasteiger partial charge on any atom is 0.214 e. The summed E-state index contributed by atoms with van der Waals surface area (Å²) in [6.07, 6.45) is 0.817. The molecule has 0 spiro atoms. The number of carbonyl (C=O) groups is 1. The quantitative estimate of drug-likeness (QED) is 0.734. The van der Waals surface area contributed by atoms with Gasteiger partial charge in [0.05, 0.1) is 18.0 Å². The lowest BCUT2D eigenvalue weighted by Crippen LogP contribution is -2.27. The topological polar surface area (TPSA) is 58.6 Å². The number of anilines is 3. The van der Waals surface area contributed by atoms with Gasteiger partial charge in [-0.3, -0.25) is 4.79 Å². The number of carbonyl (C=O) groups excluding carboxylic acids is 1. The van der Waals surface area contributed by atoms with Gasteiger partial charge in [-0.1, -0.05) is 12.1 Å². The minimum absolute atomic E-state index is 0.481. The third kappa shape index (κ3) is 3.56. The molecular formula is C14H18N4O2S. The van der Waals surface area contributed by atoms with Gasteiger partial charge in [-0.2, -0.15) is 4.37 Å². The lowest BCUT2D eigenvalue weighted by atomic mass is 10.2. The molecule has 0 aliphatic heterocycles. The molecule has 1 amide bonds. The van der Waals surface area contributed by atoms with Crippen LogP contribution in [-0.4, -0.2) is 43.1 Å². The van der Waals surface area contributed by atoms with Gasteiger partial charge in [0.1, 0.15) is 5.82 Å². The Balaban J connectivity index is 2.33. The van der Waals surface area contributed by atoms with Crippen LogP contribution in [-0.2, 0) is 9.53 Å². The molecule has 1 aromatic heterocycles. The zero-order valence-corrected chi connectivity index (χ0v) is 13.1. The Kier molecular flexibility index (Phi) is 5.24. The normalized spacial score (nSPS) is 10.4. The number of hydrogen-bond donors (Lipinski definition) is 0. The summed E-state index contributed by atoms with van der Waals surface area (Å²) in [5, 5.41) is 0.789. The van der Waals surface area contributed by atoms with Crippen molar-refractivity contribution in [3.05, 3.63) is 30.1 Å². The van der Waals surface area contributed by atoms with E-state index >= 15 is 0 Å². The van der Waals surface area contributed by atoms with Crippen LogP contribution in [0.3, 0.4) is 0 Å². The highest BCUT2D eigenvalue weighted by molar-refractivity contribution is 7.09. The number of nitrogens with zero attached hydrogens (tertiary/aromatic N) is 4. The Morgan fingerprint density at radius 2 is 2.05 bits per heavy atom. The molecule has 0 unspecified atom stereocenters. The highest BCUT2D eigenvalue weighted by Gasteiger charge is 2.16. The van der Waals surface area contributed by atoms with E-state index in [1.165, 1.54) is 11.5 Å². The number of hydrogen-bond acceptors (Lipinski definition) is 6. The van der Waals surface area contributed by atoms with E-state index in [2.05, 4.69) is 9.36 Å². The molecule has 0 bridgehead atoms. The number of ether oxygens (including phenoxy) is 1. The van der Waals surface area contributed by atoms with Gasteiger partial charge in [0.2, 0.25) is 11.5 Å². The first kappa shape index (κ1) is 15.4. The standard InChI is InChI=1S/C14H18N4O2S/c1-11-15-14(21-16-11)17(2)12-6-4-5-7-13(12)18(10-19)8-9-20-3/h4-7,10H,8-9H2,1-3H3. The van der Waals surface area contributed by atoms with Crippen LogP contribution >= 0.6 is 11.5 Å². The Morgan fingerprint density at radius 3 is 2.62 bits per heavy atom. The van der Waals surface area contributed by atoms with E-state index in [9.17, 15) is 4.79 Å². The maximum absolute atomic E-state index is 11.4. The number of benzene rings is 1. The van der Waals surface area contributed by atoms with Gasteiger partial charge >= 0.3 is 0 Å². The summed E-state index contributed by atoms with van der Waals surface area (Å²) >= 11 is 1.33. The van der Waals surface area contributed by atoms with Crippen molar-refractivity contribution in [1.82, 2.24) is 9.36 Å². The molecule has 21 heavy (non-hydrogen) atoms. The number of rotatable bonds is 7. The lowest BCUT2D eigenvalue weighted by Gasteiger charge is -2.25. The first-order chi connectivity index (χ1) is 10.2. The number of aryl methyl sites for hydroxylation is 1. The molecule has 7 heteroatoms. The Bertz CT molecular complexity index is 602. The van der Waals surface area contributed by atoms with Gasteiger partial charge in [0.25, 0.3) is 0 Å². The number of amides is 1. The van der Waals surface area contributed by atoms with E-state index in [1.54, 1.807) is 12.0 Å². The fraction of sp³-hybridized carbons (Fsp3) is 0.357. The summed E-state index contributed by atoms with van der Waals surface area (Å²) in [6.45, 7) is 2.84. The summed E-state index contributed by atoms with van der Waals surface area (Å²) in [6, 6.07) is 7.70. The van der Waals surface area contributed by atoms with Crippen molar-refractivity contribution in [2.75, 3.05) is 37.1 Å². The largest absolute Gasteiger partial charge is 0.383 e. The number of aromatic nitrogens is 2. The number of para-hydroxylation sites is 2. The summed E-state index contributed by atoms with van der Waals surface area (Å²) in [7, 11) is 3.53. The van der Waals surface area contributed by atoms with Crippen LogP contribution in [0.5, 0.6) is 0 Å². The summed E-state index contributed by atoms with van der Waals surface area (Å²) in [4.78, 5) is 19.3. The van der Waals surface area contributed by atoms with Crippen LogP contribution in [0.1, 0.15) is 5.82 Å². The summed E-state index contributed by atoms with van der Waals surface area (Å²) < 4.78 is 9.24. The molecule has 0 saturated carbocycles. The van der Waals surface area contributed by atoms with Crippen molar-refractivity contribution in [3.8, 4) is 0 Å². The Hall–Kier alpha value is -1.99. The Labute approximate surface area is 128 Å². The molecule has 1 heterocycles. The highest BCUT2D eigenvalue weighted by Crippen LogP contribution is 2.33. The summed E-state index contributed by atoms with van der Waals surface area (Å²) in [5.74, 6) is 0.742. The predicted molar refractivity (Wildman–Crippen MR) is 84.4 cm³/mol. The minimum atomic E-state index is 0.481. The van der Waals surface area contributed by atoms with Crippen LogP contribution in [0.4, 0.5) is 16.5 Å². The van der Waals surface area contributed by atoms with Crippen LogP contribution in [0.2, 0.25) is 0 Å². The molecule has 2 rings (SSSR count). The van der Waals surface area contributed by atoms with Crippen molar-refractivity contribution in [3.63, 3.8) is 0 Å². The molecule has 1 aromatic carbocycles. The van der Waals surface area contributed by atoms with Gasteiger partial charge in [-0.25, -0.2) is 4.98 Å². The van der Waals surface area contributed by atoms with Crippen molar-refractivity contribution in [1.29, 1.82) is 0 Å². The second-order valence-electron chi connectivity index (χ2n) is 4.46. The van der Waals surface area contributed by atoms with E-state index in [0.29, 0.717) is 13.2 Å². The first-order valence-electron chi connectivity index (χ1n) is 6.51. The van der Waals surface area contributed by atoms with E-state index in [-0.39, 0.29) is 0 Å². The molecule has 0 radical (unpaired) electrons. The van der Waals surface area contributed by atoms with Crippen LogP contribution < -0.4 is 9.80 Å². The Morgan fingerprint density at radius 1 is 1.33 bits per heavy atom. The van der Waals surface area contributed by atoms with Gasteiger partial charge in [0, 0.05) is 32.2 Å². The average molecular weight is 306 g/mol. The van der Waals surface area contributed by atoms with E-state index in [0.717, 1.165) is 28.7 Å². The minimum Gasteiger partial charge on any atom is -0.383 e. The molecule has 112 valence electrons. The predicted octanol–water partition coefficient (Wildman–Crippen LogP) is 2.22. The molecule has 0 aliphatic rings. The molecule has 0 fully saturated rings. The zero-order valence-electron chi connectivity index (χ0n) is 12.3. The lowest BCUT2D eigenvalue weighted by molar-refractivity contribution is -0.107. The van der Waals surface area contributed by atoms with Crippen molar-refractivity contribution in [2.45, 2.75) is 6.92 Å². The highest BCUT2D eigenvalue weighted by atomic mass is 32.1. The monoisotopic (exact) mass is 306 g/mol. The van der Waals surface area contributed by atoms with Gasteiger partial charge in [-0.05, 0) is 19.1 Å². The van der Waals surface area contributed by atoms with Crippen molar-refractivity contribution >= 4 is 34.4 Å². The van der Waals surface area contributed by atoms with E-state index in [1.807, 2.05) is 43.1 Å².